The van der Waals surface area contributed by atoms with Crippen LogP contribution in [0.5, 0.6) is 0 Å². The Labute approximate surface area is 130 Å². The highest BCUT2D eigenvalue weighted by molar-refractivity contribution is 7.15. The molecule has 0 bridgehead atoms. The van der Waals surface area contributed by atoms with Gasteiger partial charge in [0.2, 0.25) is 0 Å². The maximum absolute atomic E-state index is 6.06. The number of thiazole rings is 1. The van der Waals surface area contributed by atoms with Crippen LogP contribution >= 0.6 is 11.3 Å². The third kappa shape index (κ3) is 3.03. The van der Waals surface area contributed by atoms with Crippen LogP contribution in [0.4, 0.5) is 0 Å². The van der Waals surface area contributed by atoms with E-state index in [1.807, 2.05) is 7.05 Å². The van der Waals surface area contributed by atoms with Gasteiger partial charge < -0.3 is 10.1 Å². The summed E-state index contributed by atoms with van der Waals surface area (Å²) >= 11 is 1.78. The summed E-state index contributed by atoms with van der Waals surface area (Å²) in [5.74, 6) is 0. The minimum atomic E-state index is -0.210. The van der Waals surface area contributed by atoms with Gasteiger partial charge in [-0.3, -0.25) is 0 Å². The van der Waals surface area contributed by atoms with Gasteiger partial charge in [-0.15, -0.1) is 11.3 Å². The topological polar surface area (TPSA) is 34.2 Å². The van der Waals surface area contributed by atoms with E-state index in [1.165, 1.54) is 16.9 Å². The predicted molar refractivity (Wildman–Crippen MR) is 87.5 cm³/mol. The first-order chi connectivity index (χ1) is 10.2. The summed E-state index contributed by atoms with van der Waals surface area (Å²) in [4.78, 5) is 6.16. The Morgan fingerprint density at radius 2 is 2.10 bits per heavy atom. The molecule has 1 atom stereocenters. The van der Waals surface area contributed by atoms with Crippen molar-refractivity contribution in [2.75, 3.05) is 13.7 Å². The zero-order valence-electron chi connectivity index (χ0n) is 12.7. The molecule has 1 unspecified atom stereocenters. The van der Waals surface area contributed by atoms with Crippen LogP contribution in [0.25, 0.3) is 10.4 Å². The molecule has 1 N–H and O–H groups in total. The summed E-state index contributed by atoms with van der Waals surface area (Å²) in [6, 6.07) is 10.5. The van der Waals surface area contributed by atoms with E-state index < -0.39 is 0 Å². The van der Waals surface area contributed by atoms with Crippen LogP contribution in [0.1, 0.15) is 36.9 Å². The Morgan fingerprint density at radius 3 is 2.76 bits per heavy atom. The third-order valence-electron chi connectivity index (χ3n) is 4.00. The monoisotopic (exact) mass is 302 g/mol. The molecule has 1 aliphatic rings. The van der Waals surface area contributed by atoms with Crippen molar-refractivity contribution < 1.29 is 4.74 Å². The van der Waals surface area contributed by atoms with E-state index in [-0.39, 0.29) is 5.60 Å². The first-order valence-electron chi connectivity index (χ1n) is 7.57. The second-order valence-electron chi connectivity index (χ2n) is 5.73. The van der Waals surface area contributed by atoms with E-state index in [9.17, 15) is 0 Å². The molecule has 0 aliphatic carbocycles. The molecule has 1 aromatic carbocycles. The minimum Gasteiger partial charge on any atom is -0.368 e. The zero-order chi connectivity index (χ0) is 14.7. The number of rotatable bonds is 4. The molecular formula is C17H22N2OS. The van der Waals surface area contributed by atoms with Crippen molar-refractivity contribution in [1.82, 2.24) is 10.3 Å². The molecule has 0 radical (unpaired) electrons. The molecule has 1 aromatic heterocycles. The highest BCUT2D eigenvalue weighted by atomic mass is 32.1. The molecule has 0 amide bonds. The van der Waals surface area contributed by atoms with Crippen LogP contribution in [0.2, 0.25) is 0 Å². The summed E-state index contributed by atoms with van der Waals surface area (Å²) < 4.78 is 6.06. The number of benzene rings is 1. The van der Waals surface area contributed by atoms with Gasteiger partial charge in [-0.25, -0.2) is 4.98 Å². The fourth-order valence-electron chi connectivity index (χ4n) is 2.78. The van der Waals surface area contributed by atoms with E-state index in [0.717, 1.165) is 36.7 Å². The van der Waals surface area contributed by atoms with E-state index in [0.29, 0.717) is 0 Å². The zero-order valence-corrected chi connectivity index (χ0v) is 13.5. The van der Waals surface area contributed by atoms with Gasteiger partial charge in [-0.2, -0.15) is 0 Å². The van der Waals surface area contributed by atoms with Crippen molar-refractivity contribution in [1.29, 1.82) is 0 Å². The average molecular weight is 302 g/mol. The molecule has 0 spiro atoms. The van der Waals surface area contributed by atoms with Gasteiger partial charge in [0.15, 0.2) is 0 Å². The molecule has 1 aliphatic heterocycles. The molecule has 1 fully saturated rings. The van der Waals surface area contributed by atoms with E-state index in [1.54, 1.807) is 11.3 Å². The van der Waals surface area contributed by atoms with Gasteiger partial charge in [0.05, 0.1) is 10.6 Å². The molecular weight excluding hydrogens is 280 g/mol. The van der Waals surface area contributed by atoms with Crippen LogP contribution in [-0.4, -0.2) is 18.6 Å². The maximum atomic E-state index is 6.06. The first kappa shape index (κ1) is 14.7. The summed E-state index contributed by atoms with van der Waals surface area (Å²) in [7, 11) is 1.96. The molecule has 3 rings (SSSR count). The summed E-state index contributed by atoms with van der Waals surface area (Å²) in [6.07, 6.45) is 3.45. The predicted octanol–water partition coefficient (Wildman–Crippen LogP) is 3.95. The van der Waals surface area contributed by atoms with Gasteiger partial charge in [-0.1, -0.05) is 30.3 Å². The Morgan fingerprint density at radius 1 is 1.29 bits per heavy atom. The standard InChI is InChI=1S/C17H22N2OS/c1-17(10-6-7-11-20-17)16-19-14(12-18-2)15(21-16)13-8-4-3-5-9-13/h3-5,8-9,18H,6-7,10-12H2,1-2H3. The van der Waals surface area contributed by atoms with Crippen LogP contribution in [0.15, 0.2) is 30.3 Å². The minimum absolute atomic E-state index is 0.210. The number of hydrogen-bond donors (Lipinski definition) is 1. The van der Waals surface area contributed by atoms with Gasteiger partial charge in [0.25, 0.3) is 0 Å². The molecule has 4 heteroatoms. The van der Waals surface area contributed by atoms with E-state index in [4.69, 9.17) is 9.72 Å². The summed E-state index contributed by atoms with van der Waals surface area (Å²) in [6.45, 7) is 3.82. The number of nitrogens with zero attached hydrogens (tertiary/aromatic N) is 1. The lowest BCUT2D eigenvalue weighted by Crippen LogP contribution is -2.30. The molecule has 112 valence electrons. The van der Waals surface area contributed by atoms with E-state index in [2.05, 4.69) is 42.6 Å². The van der Waals surface area contributed by atoms with Crippen molar-refractivity contribution in [3.05, 3.63) is 41.0 Å². The van der Waals surface area contributed by atoms with Crippen LogP contribution in [0.3, 0.4) is 0 Å². The quantitative estimate of drug-likeness (QED) is 0.928. The lowest BCUT2D eigenvalue weighted by atomic mass is 9.97. The molecule has 21 heavy (non-hydrogen) atoms. The van der Waals surface area contributed by atoms with Crippen molar-refractivity contribution in [3.63, 3.8) is 0 Å². The molecule has 3 nitrogen and oxygen atoms in total. The Hall–Kier alpha value is -1.23. The van der Waals surface area contributed by atoms with Crippen LogP contribution < -0.4 is 5.32 Å². The number of ether oxygens (including phenoxy) is 1. The summed E-state index contributed by atoms with van der Waals surface area (Å²) in [5.41, 5.74) is 2.16. The highest BCUT2D eigenvalue weighted by Crippen LogP contribution is 2.41. The second-order valence-corrected chi connectivity index (χ2v) is 6.73. The lowest BCUT2D eigenvalue weighted by Gasteiger charge is -2.31. The summed E-state index contributed by atoms with van der Waals surface area (Å²) in [5, 5.41) is 4.34. The second kappa shape index (κ2) is 6.26. The smallest absolute Gasteiger partial charge is 0.125 e. The Kier molecular flexibility index (Phi) is 4.38. The first-order valence-corrected chi connectivity index (χ1v) is 8.39. The van der Waals surface area contributed by atoms with Gasteiger partial charge >= 0.3 is 0 Å². The van der Waals surface area contributed by atoms with Gasteiger partial charge in [0, 0.05) is 13.2 Å². The molecule has 0 saturated carbocycles. The van der Waals surface area contributed by atoms with Crippen molar-refractivity contribution >= 4 is 11.3 Å². The number of hydrogen-bond acceptors (Lipinski definition) is 4. The van der Waals surface area contributed by atoms with Crippen molar-refractivity contribution in [2.45, 2.75) is 38.3 Å². The Balaban J connectivity index is 2.00. The fraction of sp³-hybridized carbons (Fsp3) is 0.471. The van der Waals surface area contributed by atoms with Gasteiger partial charge in [-0.05, 0) is 38.8 Å². The Bertz CT molecular complexity index is 588. The molecule has 1 saturated heterocycles. The average Bonchev–Trinajstić information content (AvgIpc) is 2.94. The van der Waals surface area contributed by atoms with Gasteiger partial charge in [0.1, 0.15) is 10.6 Å². The van der Waals surface area contributed by atoms with E-state index >= 15 is 0 Å². The fourth-order valence-corrected chi connectivity index (χ4v) is 4.00. The number of nitrogens with one attached hydrogen (secondary N) is 1. The molecule has 2 heterocycles. The third-order valence-corrected chi connectivity index (χ3v) is 5.39. The highest BCUT2D eigenvalue weighted by Gasteiger charge is 2.34. The maximum Gasteiger partial charge on any atom is 0.125 e. The largest absolute Gasteiger partial charge is 0.368 e. The van der Waals surface area contributed by atoms with Crippen LogP contribution in [-0.2, 0) is 16.9 Å². The lowest BCUT2D eigenvalue weighted by molar-refractivity contribution is -0.0702. The van der Waals surface area contributed by atoms with Crippen molar-refractivity contribution in [2.24, 2.45) is 0 Å². The SMILES string of the molecule is CNCc1nc(C2(C)CCCCO2)sc1-c1ccccc1. The van der Waals surface area contributed by atoms with Crippen molar-refractivity contribution in [3.8, 4) is 10.4 Å². The molecule has 2 aromatic rings. The van der Waals surface area contributed by atoms with Crippen LogP contribution in [0, 0.1) is 0 Å². The number of aromatic nitrogens is 1. The normalized spacial score (nSPS) is 22.4.